The fourth-order valence-electron chi connectivity index (χ4n) is 3.32. The first-order valence-electron chi connectivity index (χ1n) is 8.35. The zero-order valence-electron chi connectivity index (χ0n) is 14.5. The SMILES string of the molecule is CNc1nc(C2CCCN(C(=O)C(C)(C)C)C2)cn2cccc12. The van der Waals surface area contributed by atoms with Crippen LogP contribution >= 0.6 is 0 Å². The topological polar surface area (TPSA) is 49.6 Å². The van der Waals surface area contributed by atoms with Crippen LogP contribution < -0.4 is 5.32 Å². The molecule has 0 bridgehead atoms. The lowest BCUT2D eigenvalue weighted by Gasteiger charge is -2.36. The van der Waals surface area contributed by atoms with E-state index in [1.165, 1.54) is 0 Å². The zero-order chi connectivity index (χ0) is 16.6. The highest BCUT2D eigenvalue weighted by Crippen LogP contribution is 2.30. The van der Waals surface area contributed by atoms with Crippen molar-refractivity contribution in [3.63, 3.8) is 0 Å². The van der Waals surface area contributed by atoms with Gasteiger partial charge in [0.2, 0.25) is 5.91 Å². The predicted octanol–water partition coefficient (Wildman–Crippen LogP) is 3.13. The van der Waals surface area contributed by atoms with Gasteiger partial charge in [-0.15, -0.1) is 0 Å². The van der Waals surface area contributed by atoms with E-state index in [9.17, 15) is 4.79 Å². The first kappa shape index (κ1) is 15.8. The van der Waals surface area contributed by atoms with Crippen molar-refractivity contribution in [3.8, 4) is 0 Å². The van der Waals surface area contributed by atoms with E-state index in [1.807, 2.05) is 45.0 Å². The van der Waals surface area contributed by atoms with Gasteiger partial charge in [-0.3, -0.25) is 4.79 Å². The minimum atomic E-state index is -0.324. The zero-order valence-corrected chi connectivity index (χ0v) is 14.5. The van der Waals surface area contributed by atoms with Gasteiger partial charge in [0.05, 0.1) is 11.2 Å². The number of amides is 1. The number of nitrogens with zero attached hydrogens (tertiary/aromatic N) is 3. The second-order valence-corrected chi connectivity index (χ2v) is 7.41. The van der Waals surface area contributed by atoms with Gasteiger partial charge in [0.25, 0.3) is 0 Å². The Balaban J connectivity index is 1.88. The van der Waals surface area contributed by atoms with Crippen molar-refractivity contribution in [2.24, 2.45) is 5.41 Å². The summed E-state index contributed by atoms with van der Waals surface area (Å²) in [7, 11) is 1.90. The van der Waals surface area contributed by atoms with E-state index in [0.29, 0.717) is 5.92 Å². The number of hydrogen-bond donors (Lipinski definition) is 1. The van der Waals surface area contributed by atoms with Gasteiger partial charge in [-0.05, 0) is 25.0 Å². The van der Waals surface area contributed by atoms with E-state index in [2.05, 4.69) is 22.0 Å². The van der Waals surface area contributed by atoms with Crippen LogP contribution in [0.5, 0.6) is 0 Å². The standard InChI is InChI=1S/C18H26N4O/c1-18(2,3)17(23)22-10-5-7-13(11-22)14-12-21-9-6-8-15(21)16(19-4)20-14/h6,8-9,12-13H,5,7,10-11H2,1-4H3,(H,19,20). The first-order chi connectivity index (χ1) is 10.9. The van der Waals surface area contributed by atoms with Crippen LogP contribution in [0.1, 0.15) is 45.2 Å². The molecular formula is C18H26N4O. The molecule has 1 N–H and O–H groups in total. The molecule has 1 unspecified atom stereocenters. The minimum Gasteiger partial charge on any atom is -0.371 e. The number of anilines is 1. The van der Waals surface area contributed by atoms with Gasteiger partial charge in [-0.25, -0.2) is 4.98 Å². The molecule has 5 heteroatoms. The molecule has 23 heavy (non-hydrogen) atoms. The van der Waals surface area contributed by atoms with E-state index in [4.69, 9.17) is 4.98 Å². The van der Waals surface area contributed by atoms with Gasteiger partial charge < -0.3 is 14.6 Å². The summed E-state index contributed by atoms with van der Waals surface area (Å²) in [6.45, 7) is 7.59. The minimum absolute atomic E-state index is 0.234. The van der Waals surface area contributed by atoms with Crippen molar-refractivity contribution < 1.29 is 4.79 Å². The van der Waals surface area contributed by atoms with E-state index in [1.54, 1.807) is 0 Å². The summed E-state index contributed by atoms with van der Waals surface area (Å²) >= 11 is 0. The number of likely N-dealkylation sites (tertiary alicyclic amines) is 1. The average molecular weight is 314 g/mol. The normalized spacial score (nSPS) is 19.1. The molecule has 1 amide bonds. The van der Waals surface area contributed by atoms with Crippen LogP contribution in [0.2, 0.25) is 0 Å². The Morgan fingerprint density at radius 2 is 2.17 bits per heavy atom. The van der Waals surface area contributed by atoms with E-state index in [-0.39, 0.29) is 11.3 Å². The fourth-order valence-corrected chi connectivity index (χ4v) is 3.32. The van der Waals surface area contributed by atoms with Gasteiger partial charge in [0, 0.05) is 43.9 Å². The highest BCUT2D eigenvalue weighted by molar-refractivity contribution is 5.81. The molecule has 1 aliphatic heterocycles. The van der Waals surface area contributed by atoms with Crippen LogP contribution in [-0.4, -0.2) is 40.3 Å². The Labute approximate surface area is 137 Å². The van der Waals surface area contributed by atoms with E-state index < -0.39 is 0 Å². The van der Waals surface area contributed by atoms with Gasteiger partial charge in [-0.1, -0.05) is 20.8 Å². The molecule has 0 aliphatic carbocycles. The van der Waals surface area contributed by atoms with Crippen molar-refractivity contribution in [3.05, 3.63) is 30.2 Å². The van der Waals surface area contributed by atoms with Crippen LogP contribution in [0.25, 0.3) is 5.52 Å². The fraction of sp³-hybridized carbons (Fsp3) is 0.556. The second kappa shape index (κ2) is 5.87. The highest BCUT2D eigenvalue weighted by Gasteiger charge is 2.32. The maximum absolute atomic E-state index is 12.6. The summed E-state index contributed by atoms with van der Waals surface area (Å²) in [5.74, 6) is 1.43. The molecule has 0 aromatic carbocycles. The monoisotopic (exact) mass is 314 g/mol. The molecule has 2 aromatic heterocycles. The molecule has 5 nitrogen and oxygen atoms in total. The van der Waals surface area contributed by atoms with Crippen molar-refractivity contribution in [1.82, 2.24) is 14.3 Å². The lowest BCUT2D eigenvalue weighted by molar-refractivity contribution is -0.140. The molecule has 0 saturated carbocycles. The number of fused-ring (bicyclic) bond motifs is 1. The number of rotatable bonds is 2. The van der Waals surface area contributed by atoms with Gasteiger partial charge >= 0.3 is 0 Å². The number of hydrogen-bond acceptors (Lipinski definition) is 3. The first-order valence-corrected chi connectivity index (χ1v) is 8.35. The second-order valence-electron chi connectivity index (χ2n) is 7.41. The lowest BCUT2D eigenvalue weighted by Crippen LogP contribution is -2.44. The van der Waals surface area contributed by atoms with Crippen molar-refractivity contribution in [2.45, 2.75) is 39.5 Å². The summed E-state index contributed by atoms with van der Waals surface area (Å²) in [4.78, 5) is 19.4. The van der Waals surface area contributed by atoms with Crippen LogP contribution in [0.4, 0.5) is 5.82 Å². The third kappa shape index (κ3) is 3.05. The van der Waals surface area contributed by atoms with Crippen molar-refractivity contribution >= 4 is 17.2 Å². The predicted molar refractivity (Wildman–Crippen MR) is 92.7 cm³/mol. The Kier molecular flexibility index (Phi) is 4.04. The van der Waals surface area contributed by atoms with Gasteiger partial charge in [0.15, 0.2) is 0 Å². The largest absolute Gasteiger partial charge is 0.371 e. The molecule has 0 radical (unpaired) electrons. The average Bonchev–Trinajstić information content (AvgIpc) is 3.01. The molecule has 1 fully saturated rings. The number of piperidine rings is 1. The maximum Gasteiger partial charge on any atom is 0.227 e. The van der Waals surface area contributed by atoms with Crippen molar-refractivity contribution in [1.29, 1.82) is 0 Å². The summed E-state index contributed by atoms with van der Waals surface area (Å²) in [5.41, 5.74) is 1.81. The molecule has 1 aliphatic rings. The molecule has 0 spiro atoms. The Morgan fingerprint density at radius 1 is 1.39 bits per heavy atom. The number of carbonyl (C=O) groups is 1. The summed E-state index contributed by atoms with van der Waals surface area (Å²) in [5, 5.41) is 3.18. The smallest absolute Gasteiger partial charge is 0.227 e. The molecule has 2 aromatic rings. The Morgan fingerprint density at radius 3 is 2.87 bits per heavy atom. The Hall–Kier alpha value is -2.04. The van der Waals surface area contributed by atoms with Gasteiger partial charge in [0.1, 0.15) is 5.82 Å². The molecule has 3 rings (SSSR count). The lowest BCUT2D eigenvalue weighted by atomic mass is 9.90. The summed E-state index contributed by atoms with van der Waals surface area (Å²) in [6, 6.07) is 4.08. The molecule has 1 atom stereocenters. The molecular weight excluding hydrogens is 288 g/mol. The third-order valence-electron chi connectivity index (χ3n) is 4.54. The molecule has 3 heterocycles. The number of aromatic nitrogens is 2. The molecule has 1 saturated heterocycles. The summed E-state index contributed by atoms with van der Waals surface area (Å²) < 4.78 is 2.11. The van der Waals surface area contributed by atoms with Crippen LogP contribution in [0.15, 0.2) is 24.5 Å². The van der Waals surface area contributed by atoms with Crippen LogP contribution in [0.3, 0.4) is 0 Å². The number of carbonyl (C=O) groups excluding carboxylic acids is 1. The van der Waals surface area contributed by atoms with Crippen molar-refractivity contribution in [2.75, 3.05) is 25.5 Å². The summed E-state index contributed by atoms with van der Waals surface area (Å²) in [6.07, 6.45) is 6.26. The van der Waals surface area contributed by atoms with Gasteiger partial charge in [-0.2, -0.15) is 0 Å². The van der Waals surface area contributed by atoms with E-state index >= 15 is 0 Å². The molecule has 124 valence electrons. The van der Waals surface area contributed by atoms with Crippen LogP contribution in [-0.2, 0) is 4.79 Å². The maximum atomic E-state index is 12.6. The Bertz CT molecular complexity index is 713. The quantitative estimate of drug-likeness (QED) is 0.926. The van der Waals surface area contributed by atoms with E-state index in [0.717, 1.165) is 43.0 Å². The van der Waals surface area contributed by atoms with Crippen LogP contribution in [0, 0.1) is 5.41 Å². The number of nitrogens with one attached hydrogen (secondary N) is 1. The third-order valence-corrected chi connectivity index (χ3v) is 4.54. The highest BCUT2D eigenvalue weighted by atomic mass is 16.2.